The first kappa shape index (κ1) is 31.6. The minimum Gasteiger partial charge on any atom is -0.396 e. The molecular weight excluding hydrogens is 564 g/mol. The number of likely N-dealkylation sites (tertiary alicyclic amines) is 1. The molecule has 5 rings (SSSR count). The fourth-order valence-electron chi connectivity index (χ4n) is 7.71. The van der Waals surface area contributed by atoms with Crippen molar-refractivity contribution in [1.82, 2.24) is 9.88 Å². The van der Waals surface area contributed by atoms with E-state index in [1.165, 1.54) is 11.3 Å². The number of hydrogen-bond donors (Lipinski definition) is 4. The zero-order chi connectivity index (χ0) is 31.3. The second-order valence-corrected chi connectivity index (χ2v) is 15.5. The number of hydrogen-bond acceptors (Lipinski definition) is 7. The highest BCUT2D eigenvalue weighted by molar-refractivity contribution is 7.15. The molecule has 2 aliphatic carbocycles. The predicted molar refractivity (Wildman–Crippen MR) is 167 cm³/mol. The van der Waals surface area contributed by atoms with Gasteiger partial charge in [0, 0.05) is 47.2 Å². The second kappa shape index (κ2) is 11.6. The van der Waals surface area contributed by atoms with Crippen molar-refractivity contribution < 1.29 is 24.6 Å². The summed E-state index contributed by atoms with van der Waals surface area (Å²) < 4.78 is 0. The maximum atomic E-state index is 13.7. The first-order valence-electron chi connectivity index (χ1n) is 15.4. The van der Waals surface area contributed by atoms with Gasteiger partial charge in [-0.2, -0.15) is 0 Å². The number of thiazole rings is 1. The molecule has 2 fully saturated rings. The minimum atomic E-state index is -0.728. The van der Waals surface area contributed by atoms with Gasteiger partial charge in [0.05, 0.1) is 18.4 Å². The van der Waals surface area contributed by atoms with Crippen molar-refractivity contribution in [3.05, 3.63) is 46.0 Å². The highest BCUT2D eigenvalue weighted by Gasteiger charge is 2.59. The smallest absolute Gasteiger partial charge is 0.257 e. The lowest BCUT2D eigenvalue weighted by Crippen LogP contribution is -2.58. The average Bonchev–Trinajstić information content (AvgIpc) is 3.37. The summed E-state index contributed by atoms with van der Waals surface area (Å²) in [5.41, 5.74) is 6.90. The molecule has 2 aromatic rings. The molecule has 0 spiro atoms. The summed E-state index contributed by atoms with van der Waals surface area (Å²) in [6.07, 6.45) is 2.57. The summed E-state index contributed by atoms with van der Waals surface area (Å²) in [5, 5.41) is 25.1. The van der Waals surface area contributed by atoms with Gasteiger partial charge in [-0.05, 0) is 66.5 Å². The Bertz CT molecular complexity index is 1380. The summed E-state index contributed by atoms with van der Waals surface area (Å²) in [5.74, 6) is -1.06. The summed E-state index contributed by atoms with van der Waals surface area (Å²) in [6, 6.07) is 7.61. The van der Waals surface area contributed by atoms with Crippen LogP contribution in [-0.4, -0.2) is 63.6 Å². The number of piperidine rings is 1. The molecule has 1 aliphatic heterocycles. The Kier molecular flexibility index (Phi) is 8.52. The summed E-state index contributed by atoms with van der Waals surface area (Å²) >= 11 is 1.42. The standard InChI is InChI=1S/C33H46N4O5S/c1-31(2,3)21-8-6-20(7-9-21)29(42)36-30-35-27-22(16-26(40)37-14-11-19(12-15-37)28(34)41)32(4)13-10-25(39)33(5,18-38)24(32)17-23(27)43-30/h6-9,19,22,24-25,38-39H,10-18H2,1-5H3,(H2,34,41)(H,35,36,42)/t22-,24+,25-,32+,33+/m1/s1. The van der Waals surface area contributed by atoms with Crippen LogP contribution in [0.3, 0.4) is 0 Å². The van der Waals surface area contributed by atoms with Crippen molar-refractivity contribution in [2.45, 2.75) is 90.6 Å². The summed E-state index contributed by atoms with van der Waals surface area (Å²) in [6.45, 7) is 11.3. The number of aliphatic hydroxyl groups is 2. The molecule has 1 saturated heterocycles. The van der Waals surface area contributed by atoms with E-state index in [9.17, 15) is 24.6 Å². The van der Waals surface area contributed by atoms with Gasteiger partial charge in [-0.1, -0.05) is 46.8 Å². The number of benzene rings is 1. The van der Waals surface area contributed by atoms with Crippen molar-refractivity contribution >= 4 is 34.2 Å². The Morgan fingerprint density at radius 2 is 1.77 bits per heavy atom. The van der Waals surface area contributed by atoms with Gasteiger partial charge in [-0.15, -0.1) is 11.3 Å². The van der Waals surface area contributed by atoms with Crippen LogP contribution in [0.2, 0.25) is 0 Å². The molecule has 1 aromatic carbocycles. The molecule has 234 valence electrons. The topological polar surface area (TPSA) is 146 Å². The van der Waals surface area contributed by atoms with E-state index in [1.54, 1.807) is 0 Å². The largest absolute Gasteiger partial charge is 0.396 e. The number of carbonyl (C=O) groups excluding carboxylic acids is 3. The number of fused-ring (bicyclic) bond motifs is 2. The van der Waals surface area contributed by atoms with E-state index in [0.29, 0.717) is 55.9 Å². The minimum absolute atomic E-state index is 0.00934. The molecule has 0 radical (unpaired) electrons. The molecule has 1 saturated carbocycles. The number of amides is 3. The molecule has 0 unspecified atom stereocenters. The molecule has 1 aromatic heterocycles. The van der Waals surface area contributed by atoms with Gasteiger partial charge in [-0.3, -0.25) is 19.7 Å². The van der Waals surface area contributed by atoms with E-state index in [-0.39, 0.29) is 59.3 Å². The fraction of sp³-hybridized carbons (Fsp3) is 0.636. The van der Waals surface area contributed by atoms with Gasteiger partial charge in [0.15, 0.2) is 5.13 Å². The molecule has 0 bridgehead atoms. The Morgan fingerprint density at radius 1 is 1.12 bits per heavy atom. The first-order valence-corrected chi connectivity index (χ1v) is 16.3. The molecular formula is C33H46N4O5S. The van der Waals surface area contributed by atoms with E-state index >= 15 is 0 Å². The first-order chi connectivity index (χ1) is 20.2. The monoisotopic (exact) mass is 610 g/mol. The van der Waals surface area contributed by atoms with Crippen molar-refractivity contribution in [2.75, 3.05) is 25.0 Å². The molecule has 5 atom stereocenters. The van der Waals surface area contributed by atoms with Crippen LogP contribution >= 0.6 is 11.3 Å². The Balaban J connectivity index is 1.43. The van der Waals surface area contributed by atoms with E-state index < -0.39 is 11.5 Å². The van der Waals surface area contributed by atoms with Crippen molar-refractivity contribution in [3.63, 3.8) is 0 Å². The van der Waals surface area contributed by atoms with Gasteiger partial charge < -0.3 is 20.8 Å². The third-order valence-corrected chi connectivity index (χ3v) is 11.8. The van der Waals surface area contributed by atoms with E-state index in [1.807, 2.05) is 36.1 Å². The van der Waals surface area contributed by atoms with Gasteiger partial charge in [0.1, 0.15) is 0 Å². The third-order valence-electron chi connectivity index (χ3n) is 10.8. The van der Waals surface area contributed by atoms with Crippen LogP contribution in [0.25, 0.3) is 0 Å². The lowest BCUT2D eigenvalue weighted by molar-refractivity contribution is -0.148. The number of rotatable bonds is 6. The Morgan fingerprint density at radius 3 is 2.35 bits per heavy atom. The number of anilines is 1. The molecule has 3 amide bonds. The van der Waals surface area contributed by atoms with Crippen LogP contribution < -0.4 is 11.1 Å². The number of aromatic nitrogens is 1. The van der Waals surface area contributed by atoms with Gasteiger partial charge in [0.25, 0.3) is 5.91 Å². The summed E-state index contributed by atoms with van der Waals surface area (Å²) in [7, 11) is 0. The lowest BCUT2D eigenvalue weighted by Gasteiger charge is -2.58. The molecule has 3 aliphatic rings. The average molecular weight is 611 g/mol. The maximum absolute atomic E-state index is 13.7. The van der Waals surface area contributed by atoms with Crippen LogP contribution in [-0.2, 0) is 21.4 Å². The number of nitrogens with two attached hydrogens (primary N) is 1. The van der Waals surface area contributed by atoms with Crippen LogP contribution in [0.5, 0.6) is 0 Å². The Hall–Kier alpha value is -2.82. The second-order valence-electron chi connectivity index (χ2n) is 14.4. The highest BCUT2D eigenvalue weighted by atomic mass is 32.1. The SMILES string of the molecule is CC(C)(C)c1ccc(C(=O)Nc2nc3c(s2)C[C@@H]2[C@](C)(CO)[C@H](O)CC[C@@]2(C)[C@@H]3CC(=O)N2CCC(C(N)=O)CC2)cc1. The van der Waals surface area contributed by atoms with Gasteiger partial charge in [-0.25, -0.2) is 4.98 Å². The van der Waals surface area contributed by atoms with Crippen molar-refractivity contribution in [3.8, 4) is 0 Å². The lowest BCUT2D eigenvalue weighted by atomic mass is 9.47. The van der Waals surface area contributed by atoms with Crippen molar-refractivity contribution in [1.29, 1.82) is 0 Å². The fourth-order valence-corrected chi connectivity index (χ4v) is 8.77. The molecule has 10 heteroatoms. The quantitative estimate of drug-likeness (QED) is 0.385. The normalized spacial score (nSPS) is 29.5. The van der Waals surface area contributed by atoms with E-state index in [2.05, 4.69) is 33.0 Å². The van der Waals surface area contributed by atoms with Gasteiger partial charge in [0.2, 0.25) is 11.8 Å². The zero-order valence-electron chi connectivity index (χ0n) is 26.0. The predicted octanol–water partition coefficient (Wildman–Crippen LogP) is 4.22. The molecule has 5 N–H and O–H groups in total. The number of nitrogens with zero attached hydrogens (tertiary/aromatic N) is 2. The third kappa shape index (κ3) is 5.85. The molecule has 9 nitrogen and oxygen atoms in total. The zero-order valence-corrected chi connectivity index (χ0v) is 26.8. The maximum Gasteiger partial charge on any atom is 0.257 e. The molecule has 2 heterocycles. The Labute approximate surface area is 258 Å². The van der Waals surface area contributed by atoms with E-state index in [4.69, 9.17) is 10.7 Å². The van der Waals surface area contributed by atoms with Gasteiger partial charge >= 0.3 is 0 Å². The molecule has 43 heavy (non-hydrogen) atoms. The van der Waals surface area contributed by atoms with Crippen molar-refractivity contribution in [2.24, 2.45) is 28.4 Å². The number of primary amides is 1. The highest BCUT2D eigenvalue weighted by Crippen LogP contribution is 2.63. The van der Waals surface area contributed by atoms with Crippen LogP contribution in [0.4, 0.5) is 5.13 Å². The van der Waals surface area contributed by atoms with Crippen LogP contribution in [0.15, 0.2) is 24.3 Å². The summed E-state index contributed by atoms with van der Waals surface area (Å²) in [4.78, 5) is 46.4. The van der Waals surface area contributed by atoms with E-state index in [0.717, 1.165) is 16.1 Å². The number of nitrogens with one attached hydrogen (secondary N) is 1. The van der Waals surface area contributed by atoms with Crippen LogP contribution in [0, 0.1) is 22.7 Å². The van der Waals surface area contributed by atoms with Crippen LogP contribution in [0.1, 0.15) is 99.1 Å². The number of carbonyl (C=O) groups is 3. The number of aliphatic hydroxyl groups excluding tert-OH is 2.